The molecule has 0 aliphatic carbocycles. The molecule has 6 heteroatoms. The van der Waals surface area contributed by atoms with Crippen LogP contribution in [-0.4, -0.2) is 28.4 Å². The zero-order valence-electron chi connectivity index (χ0n) is 13.2. The largest absolute Gasteiger partial charge is 0.382 e. The molecule has 0 saturated carbocycles. The third-order valence-electron chi connectivity index (χ3n) is 2.49. The second-order valence-electron chi connectivity index (χ2n) is 4.31. The molecular formula is C15H23N5S. The van der Waals surface area contributed by atoms with Crippen molar-refractivity contribution in [3.8, 4) is 11.3 Å². The number of benzene rings is 1. The SMILES string of the molecule is CC.Cc1nc(-c2cccc(NSN(C)C)c2)cnc1N. The van der Waals surface area contributed by atoms with Gasteiger partial charge in [-0.3, -0.25) is 0 Å². The Labute approximate surface area is 131 Å². The van der Waals surface area contributed by atoms with Crippen molar-refractivity contribution in [2.24, 2.45) is 0 Å². The van der Waals surface area contributed by atoms with Crippen LogP contribution in [0.15, 0.2) is 30.5 Å². The van der Waals surface area contributed by atoms with Crippen LogP contribution in [0.4, 0.5) is 11.5 Å². The summed E-state index contributed by atoms with van der Waals surface area (Å²) in [6.07, 6.45) is 1.69. The summed E-state index contributed by atoms with van der Waals surface area (Å²) in [5, 5.41) is 0. The molecule has 1 heterocycles. The van der Waals surface area contributed by atoms with Crippen molar-refractivity contribution in [2.45, 2.75) is 20.8 Å². The van der Waals surface area contributed by atoms with Crippen LogP contribution in [0.25, 0.3) is 11.3 Å². The Bertz CT molecular complexity index is 572. The molecule has 2 rings (SSSR count). The summed E-state index contributed by atoms with van der Waals surface area (Å²) >= 11 is 1.52. The Morgan fingerprint density at radius 2 is 1.95 bits per heavy atom. The van der Waals surface area contributed by atoms with Gasteiger partial charge in [-0.1, -0.05) is 26.0 Å². The van der Waals surface area contributed by atoms with E-state index in [9.17, 15) is 0 Å². The molecule has 0 aliphatic rings. The molecule has 0 radical (unpaired) electrons. The van der Waals surface area contributed by atoms with Gasteiger partial charge in [0.05, 0.1) is 17.6 Å². The summed E-state index contributed by atoms with van der Waals surface area (Å²) in [6.45, 7) is 5.86. The maximum absolute atomic E-state index is 5.68. The number of hydrogen-bond acceptors (Lipinski definition) is 6. The Balaban J connectivity index is 0.00000106. The molecule has 1 aromatic carbocycles. The summed E-state index contributed by atoms with van der Waals surface area (Å²) in [4.78, 5) is 8.59. The predicted molar refractivity (Wildman–Crippen MR) is 92.9 cm³/mol. The van der Waals surface area contributed by atoms with E-state index in [0.717, 1.165) is 22.6 Å². The van der Waals surface area contributed by atoms with E-state index in [1.54, 1.807) is 6.20 Å². The van der Waals surface area contributed by atoms with E-state index < -0.39 is 0 Å². The molecule has 1 aromatic heterocycles. The van der Waals surface area contributed by atoms with Crippen molar-refractivity contribution < 1.29 is 0 Å². The maximum Gasteiger partial charge on any atom is 0.144 e. The Morgan fingerprint density at radius 3 is 2.57 bits per heavy atom. The highest BCUT2D eigenvalue weighted by molar-refractivity contribution is 7.98. The van der Waals surface area contributed by atoms with Crippen LogP contribution in [0.2, 0.25) is 0 Å². The molecule has 0 amide bonds. The van der Waals surface area contributed by atoms with Crippen LogP contribution in [0.5, 0.6) is 0 Å². The highest BCUT2D eigenvalue weighted by Crippen LogP contribution is 2.23. The molecule has 0 atom stereocenters. The average molecular weight is 305 g/mol. The lowest BCUT2D eigenvalue weighted by molar-refractivity contribution is 0.706. The summed E-state index contributed by atoms with van der Waals surface area (Å²) in [7, 11) is 3.96. The number of aryl methyl sites for hydroxylation is 1. The third-order valence-corrected chi connectivity index (χ3v) is 3.18. The Morgan fingerprint density at radius 1 is 1.24 bits per heavy atom. The number of nitrogen functional groups attached to an aromatic ring is 1. The van der Waals surface area contributed by atoms with Crippen molar-refractivity contribution in [1.29, 1.82) is 0 Å². The first kappa shape index (κ1) is 17.3. The van der Waals surface area contributed by atoms with Gasteiger partial charge >= 0.3 is 0 Å². The van der Waals surface area contributed by atoms with Gasteiger partial charge < -0.3 is 10.5 Å². The first-order valence-electron chi connectivity index (χ1n) is 6.86. The first-order valence-corrected chi connectivity index (χ1v) is 7.63. The monoisotopic (exact) mass is 305 g/mol. The second kappa shape index (κ2) is 8.49. The molecule has 21 heavy (non-hydrogen) atoms. The number of nitrogens with zero attached hydrogens (tertiary/aromatic N) is 3. The summed E-state index contributed by atoms with van der Waals surface area (Å²) < 4.78 is 5.24. The molecule has 114 valence electrons. The van der Waals surface area contributed by atoms with Gasteiger partial charge in [0.25, 0.3) is 0 Å². The van der Waals surface area contributed by atoms with Crippen molar-refractivity contribution >= 4 is 23.6 Å². The predicted octanol–water partition coefficient (Wildman–Crippen LogP) is 3.60. The van der Waals surface area contributed by atoms with Gasteiger partial charge in [0.2, 0.25) is 0 Å². The highest BCUT2D eigenvalue weighted by atomic mass is 32.2. The Kier molecular flexibility index (Phi) is 6.98. The molecule has 0 bridgehead atoms. The molecule has 0 spiro atoms. The van der Waals surface area contributed by atoms with Crippen LogP contribution in [0.3, 0.4) is 0 Å². The number of rotatable bonds is 4. The lowest BCUT2D eigenvalue weighted by atomic mass is 10.1. The van der Waals surface area contributed by atoms with Gasteiger partial charge in [-0.15, -0.1) is 0 Å². The van der Waals surface area contributed by atoms with Gasteiger partial charge in [-0.2, -0.15) is 0 Å². The number of anilines is 2. The summed E-state index contributed by atoms with van der Waals surface area (Å²) in [5.41, 5.74) is 9.29. The van der Waals surface area contributed by atoms with Gasteiger partial charge in [-0.05, 0) is 33.2 Å². The van der Waals surface area contributed by atoms with E-state index in [-0.39, 0.29) is 0 Å². The van der Waals surface area contributed by atoms with Crippen LogP contribution in [0.1, 0.15) is 19.5 Å². The van der Waals surface area contributed by atoms with E-state index in [4.69, 9.17) is 5.73 Å². The van der Waals surface area contributed by atoms with Crippen LogP contribution in [0, 0.1) is 6.92 Å². The fraction of sp³-hybridized carbons (Fsp3) is 0.333. The van der Waals surface area contributed by atoms with Crippen molar-refractivity contribution in [3.63, 3.8) is 0 Å². The van der Waals surface area contributed by atoms with Gasteiger partial charge in [0.1, 0.15) is 5.82 Å². The summed E-state index contributed by atoms with van der Waals surface area (Å²) in [5.74, 6) is 0.473. The lowest BCUT2D eigenvalue weighted by Gasteiger charge is -2.11. The Hall–Kier alpha value is -1.79. The minimum atomic E-state index is 0.473. The van der Waals surface area contributed by atoms with Crippen LogP contribution >= 0.6 is 12.1 Å². The zero-order chi connectivity index (χ0) is 15.8. The molecule has 5 nitrogen and oxygen atoms in total. The first-order chi connectivity index (χ1) is 10.1. The van der Waals surface area contributed by atoms with E-state index in [2.05, 4.69) is 14.7 Å². The number of nitrogens with one attached hydrogen (secondary N) is 1. The molecule has 0 saturated heterocycles. The van der Waals surface area contributed by atoms with Crippen LogP contribution < -0.4 is 10.5 Å². The molecule has 2 aromatic rings. The van der Waals surface area contributed by atoms with Gasteiger partial charge in [0, 0.05) is 23.4 Å². The van der Waals surface area contributed by atoms with E-state index in [1.807, 2.05) is 63.4 Å². The van der Waals surface area contributed by atoms with E-state index in [0.29, 0.717) is 5.82 Å². The fourth-order valence-electron chi connectivity index (χ4n) is 1.52. The third kappa shape index (κ3) is 5.24. The summed E-state index contributed by atoms with van der Waals surface area (Å²) in [6, 6.07) is 8.04. The van der Waals surface area contributed by atoms with E-state index >= 15 is 0 Å². The molecule has 0 fully saturated rings. The van der Waals surface area contributed by atoms with Gasteiger partial charge in [0.15, 0.2) is 0 Å². The quantitative estimate of drug-likeness (QED) is 0.841. The van der Waals surface area contributed by atoms with Crippen LogP contribution in [-0.2, 0) is 0 Å². The molecular weight excluding hydrogens is 282 g/mol. The standard InChI is InChI=1S/C13H17N5S.C2H6/c1-9-13(14)15-8-12(16-9)10-5-4-6-11(7-10)17-19-18(2)3;1-2/h4-8,17H,1-3H3,(H2,14,15);1-2H3. The van der Waals surface area contributed by atoms with E-state index in [1.165, 1.54) is 12.1 Å². The number of hydrogen-bond donors (Lipinski definition) is 2. The minimum absolute atomic E-state index is 0.473. The number of aromatic nitrogens is 2. The number of nitrogens with two attached hydrogens (primary N) is 1. The fourth-order valence-corrected chi connectivity index (χ4v) is 1.93. The highest BCUT2D eigenvalue weighted by Gasteiger charge is 2.04. The van der Waals surface area contributed by atoms with Crippen molar-refractivity contribution in [2.75, 3.05) is 24.6 Å². The zero-order valence-corrected chi connectivity index (χ0v) is 14.0. The maximum atomic E-state index is 5.68. The topological polar surface area (TPSA) is 67.1 Å². The second-order valence-corrected chi connectivity index (χ2v) is 5.43. The minimum Gasteiger partial charge on any atom is -0.382 e. The normalized spacial score (nSPS) is 10.0. The molecule has 3 N–H and O–H groups in total. The lowest BCUT2D eigenvalue weighted by Crippen LogP contribution is -2.04. The molecule has 0 unspecified atom stereocenters. The molecule has 0 aliphatic heterocycles. The smallest absolute Gasteiger partial charge is 0.144 e. The average Bonchev–Trinajstić information content (AvgIpc) is 2.50. The van der Waals surface area contributed by atoms with Gasteiger partial charge in [-0.25, -0.2) is 14.3 Å². The van der Waals surface area contributed by atoms with Crippen molar-refractivity contribution in [1.82, 2.24) is 14.3 Å². The van der Waals surface area contributed by atoms with Crippen molar-refractivity contribution in [3.05, 3.63) is 36.2 Å².